The maximum atomic E-state index is 5.95. The fraction of sp³-hybridized carbons (Fsp3) is 0.304. The summed E-state index contributed by atoms with van der Waals surface area (Å²) in [7, 11) is 0. The van der Waals surface area contributed by atoms with Crippen LogP contribution < -0.4 is 15.0 Å². The van der Waals surface area contributed by atoms with Gasteiger partial charge < -0.3 is 15.0 Å². The van der Waals surface area contributed by atoms with Crippen LogP contribution in [0.4, 0.5) is 5.95 Å². The highest BCUT2D eigenvalue weighted by Crippen LogP contribution is 2.18. The third-order valence-electron chi connectivity index (χ3n) is 5.00. The average Bonchev–Trinajstić information content (AvgIpc) is 2.78. The fourth-order valence-electron chi connectivity index (χ4n) is 3.53. The van der Waals surface area contributed by atoms with Gasteiger partial charge in [0, 0.05) is 38.1 Å². The zero-order chi connectivity index (χ0) is 19.0. The molecule has 0 aliphatic carbocycles. The van der Waals surface area contributed by atoms with Crippen LogP contribution in [0.5, 0.6) is 5.75 Å². The highest BCUT2D eigenvalue weighted by atomic mass is 16.5. The SMILES string of the molecule is c1ccc(COc2cccc(CN[C@@H]3CCCN(c4ncccn4)C3)c2)cc1. The molecule has 1 N–H and O–H groups in total. The second-order valence-corrected chi connectivity index (χ2v) is 7.14. The molecule has 0 saturated carbocycles. The number of hydrogen-bond acceptors (Lipinski definition) is 5. The number of hydrogen-bond donors (Lipinski definition) is 1. The van der Waals surface area contributed by atoms with Gasteiger partial charge in [-0.3, -0.25) is 0 Å². The zero-order valence-electron chi connectivity index (χ0n) is 16.0. The fourth-order valence-corrected chi connectivity index (χ4v) is 3.53. The summed E-state index contributed by atoms with van der Waals surface area (Å²) in [6, 6.07) is 20.9. The molecule has 5 nitrogen and oxygen atoms in total. The molecule has 2 heterocycles. The Hall–Kier alpha value is -2.92. The summed E-state index contributed by atoms with van der Waals surface area (Å²) in [4.78, 5) is 11.0. The molecular formula is C23H26N4O. The van der Waals surface area contributed by atoms with E-state index < -0.39 is 0 Å². The molecular weight excluding hydrogens is 348 g/mol. The number of rotatable bonds is 7. The Kier molecular flexibility index (Phi) is 6.15. The smallest absolute Gasteiger partial charge is 0.225 e. The lowest BCUT2D eigenvalue weighted by Gasteiger charge is -2.33. The second-order valence-electron chi connectivity index (χ2n) is 7.14. The van der Waals surface area contributed by atoms with Crippen LogP contribution in [0.3, 0.4) is 0 Å². The lowest BCUT2D eigenvalue weighted by Crippen LogP contribution is -2.46. The first-order chi connectivity index (χ1) is 13.9. The molecule has 1 atom stereocenters. The summed E-state index contributed by atoms with van der Waals surface area (Å²) in [6.45, 7) is 3.38. The van der Waals surface area contributed by atoms with Gasteiger partial charge in [0.05, 0.1) is 0 Å². The van der Waals surface area contributed by atoms with E-state index in [1.54, 1.807) is 12.4 Å². The van der Waals surface area contributed by atoms with Crippen LogP contribution in [-0.4, -0.2) is 29.1 Å². The maximum Gasteiger partial charge on any atom is 0.225 e. The predicted octanol–water partition coefficient (Wildman–Crippen LogP) is 3.81. The van der Waals surface area contributed by atoms with Crippen LogP contribution in [0, 0.1) is 0 Å². The van der Waals surface area contributed by atoms with Crippen molar-refractivity contribution >= 4 is 5.95 Å². The van der Waals surface area contributed by atoms with E-state index >= 15 is 0 Å². The molecule has 28 heavy (non-hydrogen) atoms. The molecule has 3 aromatic rings. The van der Waals surface area contributed by atoms with E-state index in [1.807, 2.05) is 30.3 Å². The Morgan fingerprint density at radius 2 is 1.79 bits per heavy atom. The minimum absolute atomic E-state index is 0.437. The molecule has 1 aliphatic rings. The van der Waals surface area contributed by atoms with Gasteiger partial charge in [0.2, 0.25) is 5.95 Å². The summed E-state index contributed by atoms with van der Waals surface area (Å²) in [6.07, 6.45) is 5.93. The number of ether oxygens (including phenoxy) is 1. The molecule has 1 aromatic heterocycles. The van der Waals surface area contributed by atoms with Gasteiger partial charge >= 0.3 is 0 Å². The Morgan fingerprint density at radius 3 is 2.64 bits per heavy atom. The molecule has 0 radical (unpaired) electrons. The standard InChI is InChI=1S/C23H26N4O/c1-2-7-19(8-3-1)18-28-22-11-4-9-20(15-22)16-26-21-10-5-14-27(17-21)23-24-12-6-13-25-23/h1-4,6-9,11-13,15,21,26H,5,10,14,16-18H2/t21-/m1/s1. The van der Waals surface area contributed by atoms with Crippen molar-refractivity contribution in [3.8, 4) is 5.75 Å². The van der Waals surface area contributed by atoms with Gasteiger partial charge in [-0.05, 0) is 42.2 Å². The highest BCUT2D eigenvalue weighted by molar-refractivity contribution is 5.31. The molecule has 1 fully saturated rings. The number of anilines is 1. The summed E-state index contributed by atoms with van der Waals surface area (Å²) < 4.78 is 5.95. The number of nitrogens with zero attached hydrogens (tertiary/aromatic N) is 3. The van der Waals surface area contributed by atoms with Crippen LogP contribution in [0.2, 0.25) is 0 Å². The van der Waals surface area contributed by atoms with Gasteiger partial charge in [0.25, 0.3) is 0 Å². The van der Waals surface area contributed by atoms with E-state index in [1.165, 1.54) is 17.5 Å². The zero-order valence-corrected chi connectivity index (χ0v) is 16.0. The van der Waals surface area contributed by atoms with Crippen LogP contribution in [0.15, 0.2) is 73.1 Å². The molecule has 0 amide bonds. The minimum Gasteiger partial charge on any atom is -0.489 e. The van der Waals surface area contributed by atoms with Crippen molar-refractivity contribution in [2.75, 3.05) is 18.0 Å². The van der Waals surface area contributed by atoms with Crippen molar-refractivity contribution in [1.82, 2.24) is 15.3 Å². The van der Waals surface area contributed by atoms with Gasteiger partial charge in [0.1, 0.15) is 12.4 Å². The van der Waals surface area contributed by atoms with Gasteiger partial charge in [-0.1, -0.05) is 42.5 Å². The third-order valence-corrected chi connectivity index (χ3v) is 5.00. The van der Waals surface area contributed by atoms with Gasteiger partial charge in [0.15, 0.2) is 0 Å². The first kappa shape index (κ1) is 18.4. The molecule has 1 aliphatic heterocycles. The van der Waals surface area contributed by atoms with Crippen LogP contribution >= 0.6 is 0 Å². The van der Waals surface area contributed by atoms with Crippen molar-refractivity contribution < 1.29 is 4.74 Å². The highest BCUT2D eigenvalue weighted by Gasteiger charge is 2.21. The Bertz CT molecular complexity index is 857. The molecule has 5 heteroatoms. The third kappa shape index (κ3) is 5.08. The predicted molar refractivity (Wildman–Crippen MR) is 111 cm³/mol. The van der Waals surface area contributed by atoms with Crippen molar-refractivity contribution in [2.24, 2.45) is 0 Å². The van der Waals surface area contributed by atoms with E-state index in [-0.39, 0.29) is 0 Å². The van der Waals surface area contributed by atoms with Gasteiger partial charge in [-0.25, -0.2) is 9.97 Å². The number of aromatic nitrogens is 2. The number of nitrogens with one attached hydrogen (secondary N) is 1. The topological polar surface area (TPSA) is 50.3 Å². The van der Waals surface area contributed by atoms with Crippen molar-refractivity contribution in [1.29, 1.82) is 0 Å². The van der Waals surface area contributed by atoms with Crippen LogP contribution in [0.25, 0.3) is 0 Å². The monoisotopic (exact) mass is 374 g/mol. The maximum absolute atomic E-state index is 5.95. The first-order valence-corrected chi connectivity index (χ1v) is 9.88. The summed E-state index contributed by atoms with van der Waals surface area (Å²) in [5.74, 6) is 1.73. The van der Waals surface area contributed by atoms with E-state index in [9.17, 15) is 0 Å². The van der Waals surface area contributed by atoms with Crippen molar-refractivity contribution in [2.45, 2.75) is 32.0 Å². The quantitative estimate of drug-likeness (QED) is 0.681. The van der Waals surface area contributed by atoms with E-state index in [0.717, 1.165) is 37.8 Å². The van der Waals surface area contributed by atoms with E-state index in [2.05, 4.69) is 50.5 Å². The van der Waals surface area contributed by atoms with Crippen LogP contribution in [-0.2, 0) is 13.2 Å². The Balaban J connectivity index is 1.29. The molecule has 0 unspecified atom stereocenters. The molecule has 144 valence electrons. The van der Waals surface area contributed by atoms with E-state index in [0.29, 0.717) is 12.6 Å². The van der Waals surface area contributed by atoms with E-state index in [4.69, 9.17) is 4.74 Å². The lowest BCUT2D eigenvalue weighted by molar-refractivity contribution is 0.305. The lowest BCUT2D eigenvalue weighted by atomic mass is 10.1. The molecule has 0 spiro atoms. The Labute approximate surface area is 166 Å². The number of piperidine rings is 1. The van der Waals surface area contributed by atoms with Crippen molar-refractivity contribution in [3.05, 3.63) is 84.2 Å². The second kappa shape index (κ2) is 9.33. The average molecular weight is 374 g/mol. The summed E-state index contributed by atoms with van der Waals surface area (Å²) >= 11 is 0. The molecule has 4 rings (SSSR count). The molecule has 1 saturated heterocycles. The molecule has 2 aromatic carbocycles. The number of benzene rings is 2. The Morgan fingerprint density at radius 1 is 0.964 bits per heavy atom. The summed E-state index contributed by atoms with van der Waals surface area (Å²) in [5, 5.41) is 3.69. The minimum atomic E-state index is 0.437. The van der Waals surface area contributed by atoms with Gasteiger partial charge in [-0.15, -0.1) is 0 Å². The molecule has 0 bridgehead atoms. The normalized spacial score (nSPS) is 16.7. The largest absolute Gasteiger partial charge is 0.489 e. The van der Waals surface area contributed by atoms with Gasteiger partial charge in [-0.2, -0.15) is 0 Å². The summed E-state index contributed by atoms with van der Waals surface area (Å²) in [5.41, 5.74) is 2.41. The van der Waals surface area contributed by atoms with Crippen molar-refractivity contribution in [3.63, 3.8) is 0 Å². The van der Waals surface area contributed by atoms with Crippen LogP contribution in [0.1, 0.15) is 24.0 Å². The first-order valence-electron chi connectivity index (χ1n) is 9.88.